The highest BCUT2D eigenvalue weighted by atomic mass is 19.4. The molecule has 0 aromatic carbocycles. The molecule has 1 aliphatic carbocycles. The molecule has 1 aromatic rings. The van der Waals surface area contributed by atoms with Gasteiger partial charge in [0, 0.05) is 5.57 Å². The number of hydrogen-bond acceptors (Lipinski definition) is 4. The number of allylic oxidation sites excluding steroid dienone is 4. The smallest absolute Gasteiger partial charge is 0.329 e. The van der Waals surface area contributed by atoms with Gasteiger partial charge in [-0.1, -0.05) is 17.3 Å². The van der Waals surface area contributed by atoms with E-state index >= 15 is 0 Å². The molecule has 1 aromatic heterocycles. The molecule has 0 fully saturated rings. The number of hydrogen-bond donors (Lipinski definition) is 0. The van der Waals surface area contributed by atoms with Crippen LogP contribution in [0.25, 0.3) is 5.57 Å². The van der Waals surface area contributed by atoms with E-state index in [4.69, 9.17) is 0 Å². The Morgan fingerprint density at radius 1 is 1.31 bits per heavy atom. The summed E-state index contributed by atoms with van der Waals surface area (Å²) in [5, 5.41) is 3.15. The van der Waals surface area contributed by atoms with Gasteiger partial charge in [0.25, 0.3) is 0 Å². The van der Waals surface area contributed by atoms with E-state index in [1.165, 1.54) is 18.6 Å². The Morgan fingerprint density at radius 2 is 2.06 bits per heavy atom. The Balaban J connectivity index is 2.32. The highest BCUT2D eigenvalue weighted by Crippen LogP contribution is 2.28. The van der Waals surface area contributed by atoms with Crippen molar-refractivity contribution >= 4 is 11.4 Å². The average Bonchev–Trinajstić information content (AvgIpc) is 2.65. The summed E-state index contributed by atoms with van der Waals surface area (Å²) in [6.45, 7) is 0. The molecule has 0 saturated carbocycles. The van der Waals surface area contributed by atoms with Crippen LogP contribution in [-0.2, 0) is 11.0 Å². The molecule has 4 nitrogen and oxygen atoms in total. The van der Waals surface area contributed by atoms with Crippen molar-refractivity contribution < 1.29 is 22.5 Å². The zero-order valence-corrected chi connectivity index (χ0v) is 7.65. The predicted molar refractivity (Wildman–Crippen MR) is 45.7 cm³/mol. The second-order valence-electron chi connectivity index (χ2n) is 2.95. The van der Waals surface area contributed by atoms with Crippen molar-refractivity contribution in [3.05, 3.63) is 36.4 Å². The van der Waals surface area contributed by atoms with Gasteiger partial charge in [0.05, 0.1) is 6.42 Å². The van der Waals surface area contributed by atoms with Crippen molar-refractivity contribution in [1.29, 1.82) is 0 Å². The first-order valence-corrected chi connectivity index (χ1v) is 4.15. The van der Waals surface area contributed by atoms with E-state index in [-0.39, 0.29) is 17.2 Å². The van der Waals surface area contributed by atoms with Gasteiger partial charge < -0.3 is 4.52 Å². The molecular formula is C9H4F3N2O2. The largest absolute Gasteiger partial charge is 0.471 e. The van der Waals surface area contributed by atoms with E-state index in [1.807, 2.05) is 0 Å². The summed E-state index contributed by atoms with van der Waals surface area (Å²) in [5.74, 6) is -2.03. The molecule has 0 saturated heterocycles. The monoisotopic (exact) mass is 229 g/mol. The Hall–Kier alpha value is -1.92. The van der Waals surface area contributed by atoms with Gasteiger partial charge in [-0.15, -0.1) is 0 Å². The van der Waals surface area contributed by atoms with E-state index in [0.717, 1.165) is 6.08 Å². The first kappa shape index (κ1) is 10.6. The topological polar surface area (TPSA) is 56.0 Å². The van der Waals surface area contributed by atoms with E-state index in [9.17, 15) is 18.0 Å². The summed E-state index contributed by atoms with van der Waals surface area (Å²) < 4.78 is 40.4. The van der Waals surface area contributed by atoms with Gasteiger partial charge in [0.1, 0.15) is 0 Å². The third-order valence-corrected chi connectivity index (χ3v) is 1.76. The summed E-state index contributed by atoms with van der Waals surface area (Å²) in [6, 6.07) is 0. The minimum absolute atomic E-state index is 0.187. The lowest BCUT2D eigenvalue weighted by atomic mass is 10.1. The second kappa shape index (κ2) is 3.58. The lowest BCUT2D eigenvalue weighted by Gasteiger charge is -2.00. The number of ketones is 1. The number of carbonyl (C=O) groups excluding carboxylic acids is 1. The van der Waals surface area contributed by atoms with Crippen LogP contribution >= 0.6 is 0 Å². The van der Waals surface area contributed by atoms with Crippen molar-refractivity contribution in [1.82, 2.24) is 10.1 Å². The lowest BCUT2D eigenvalue weighted by Crippen LogP contribution is -2.05. The lowest BCUT2D eigenvalue weighted by molar-refractivity contribution is -0.159. The fraction of sp³-hybridized carbons (Fsp3) is 0.111. The molecule has 0 bridgehead atoms. The summed E-state index contributed by atoms with van der Waals surface area (Å²) >= 11 is 0. The van der Waals surface area contributed by atoms with Crippen molar-refractivity contribution in [3.63, 3.8) is 0 Å². The van der Waals surface area contributed by atoms with Crippen molar-refractivity contribution in [3.8, 4) is 0 Å². The van der Waals surface area contributed by atoms with E-state index in [1.54, 1.807) is 0 Å². The SMILES string of the molecule is O=C1[CH]C=CC(c2noc(C(F)(F)F)n2)=C1. The van der Waals surface area contributed by atoms with E-state index in [0.29, 0.717) is 0 Å². The maximum atomic E-state index is 12.1. The molecule has 0 aliphatic heterocycles. The van der Waals surface area contributed by atoms with E-state index in [2.05, 4.69) is 14.7 Å². The van der Waals surface area contributed by atoms with Crippen LogP contribution in [0.4, 0.5) is 13.2 Å². The van der Waals surface area contributed by atoms with Crippen LogP contribution in [-0.4, -0.2) is 15.9 Å². The average molecular weight is 229 g/mol. The normalized spacial score (nSPS) is 16.4. The maximum absolute atomic E-state index is 12.1. The van der Waals surface area contributed by atoms with Gasteiger partial charge >= 0.3 is 12.1 Å². The van der Waals surface area contributed by atoms with Gasteiger partial charge in [-0.05, 0) is 6.08 Å². The van der Waals surface area contributed by atoms with Gasteiger partial charge in [-0.2, -0.15) is 18.2 Å². The molecular weight excluding hydrogens is 225 g/mol. The molecule has 7 heteroatoms. The Kier molecular flexibility index (Phi) is 2.37. The summed E-state index contributed by atoms with van der Waals surface area (Å²) in [4.78, 5) is 14.1. The number of rotatable bonds is 1. The zero-order chi connectivity index (χ0) is 11.8. The third kappa shape index (κ3) is 2.02. The highest BCUT2D eigenvalue weighted by molar-refractivity contribution is 6.06. The van der Waals surface area contributed by atoms with Crippen LogP contribution in [0.2, 0.25) is 0 Å². The Bertz CT molecular complexity index is 485. The molecule has 0 atom stereocenters. The summed E-state index contributed by atoms with van der Waals surface area (Å²) in [5.41, 5.74) is 0.187. The molecule has 1 radical (unpaired) electrons. The summed E-state index contributed by atoms with van der Waals surface area (Å²) in [6.07, 6.45) is 0.549. The van der Waals surface area contributed by atoms with Crippen LogP contribution in [0.1, 0.15) is 11.7 Å². The number of nitrogens with zero attached hydrogens (tertiary/aromatic N) is 2. The second-order valence-corrected chi connectivity index (χ2v) is 2.95. The molecule has 0 spiro atoms. The van der Waals surface area contributed by atoms with Crippen LogP contribution in [0.3, 0.4) is 0 Å². The standard InChI is InChI=1S/C9H4F3N2O2/c10-9(11,12)8-13-7(14-16-8)5-2-1-3-6(15)4-5/h1-4H. The number of aromatic nitrogens is 2. The molecule has 1 heterocycles. The van der Waals surface area contributed by atoms with Crippen molar-refractivity contribution in [2.45, 2.75) is 6.18 Å². The molecule has 1 aliphatic rings. The number of carbonyl (C=O) groups is 1. The van der Waals surface area contributed by atoms with Crippen molar-refractivity contribution in [2.24, 2.45) is 0 Å². The van der Waals surface area contributed by atoms with Gasteiger partial charge in [-0.25, -0.2) is 0 Å². The first-order chi connectivity index (χ1) is 7.47. The Labute approximate surface area is 87.4 Å². The molecule has 0 unspecified atom stereocenters. The molecule has 2 rings (SSSR count). The fourth-order valence-electron chi connectivity index (χ4n) is 1.09. The quantitative estimate of drug-likeness (QED) is 0.736. The molecule has 0 amide bonds. The predicted octanol–water partition coefficient (Wildman–Crippen LogP) is 1.81. The Morgan fingerprint density at radius 3 is 2.62 bits per heavy atom. The first-order valence-electron chi connectivity index (χ1n) is 4.15. The maximum Gasteiger partial charge on any atom is 0.471 e. The van der Waals surface area contributed by atoms with Crippen LogP contribution in [0, 0.1) is 6.42 Å². The van der Waals surface area contributed by atoms with Crippen LogP contribution < -0.4 is 0 Å². The number of alkyl halides is 3. The van der Waals surface area contributed by atoms with Gasteiger partial charge in [0.15, 0.2) is 5.78 Å². The van der Waals surface area contributed by atoms with Gasteiger partial charge in [0.2, 0.25) is 5.82 Å². The summed E-state index contributed by atoms with van der Waals surface area (Å²) in [7, 11) is 0. The molecule has 83 valence electrons. The minimum Gasteiger partial charge on any atom is -0.329 e. The number of halogens is 3. The minimum atomic E-state index is -4.68. The third-order valence-electron chi connectivity index (χ3n) is 1.76. The van der Waals surface area contributed by atoms with E-state index < -0.39 is 12.1 Å². The molecule has 0 N–H and O–H groups in total. The zero-order valence-electron chi connectivity index (χ0n) is 7.65. The highest BCUT2D eigenvalue weighted by Gasteiger charge is 2.38. The fourth-order valence-corrected chi connectivity index (χ4v) is 1.09. The van der Waals surface area contributed by atoms with Crippen LogP contribution in [0.5, 0.6) is 0 Å². The van der Waals surface area contributed by atoms with Crippen LogP contribution in [0.15, 0.2) is 22.8 Å². The molecule has 16 heavy (non-hydrogen) atoms. The van der Waals surface area contributed by atoms with Crippen molar-refractivity contribution in [2.75, 3.05) is 0 Å². The van der Waals surface area contributed by atoms with Gasteiger partial charge in [-0.3, -0.25) is 4.79 Å².